The predicted molar refractivity (Wildman–Crippen MR) is 83.7 cm³/mol. The number of nitriles is 1. The Bertz CT molecular complexity index is 848. The molecule has 0 saturated heterocycles. The molecule has 0 saturated carbocycles. The Balaban J connectivity index is 1.75. The molecule has 114 valence electrons. The van der Waals surface area contributed by atoms with Crippen LogP contribution in [-0.2, 0) is 6.54 Å². The zero-order valence-corrected chi connectivity index (χ0v) is 12.6. The van der Waals surface area contributed by atoms with Crippen molar-refractivity contribution in [3.05, 3.63) is 64.7 Å². The van der Waals surface area contributed by atoms with E-state index in [2.05, 4.69) is 15.5 Å². The quantitative estimate of drug-likeness (QED) is 0.787. The van der Waals surface area contributed by atoms with Crippen LogP contribution >= 0.6 is 11.3 Å². The van der Waals surface area contributed by atoms with Gasteiger partial charge in [0.2, 0.25) is 0 Å². The standard InChI is InChI=1S/C16H10F2N4S/c17-12-6-10(8-19)7-13(18)15(12)20-9-14-21-22-16(23-14)11-4-2-1-3-5-11/h1-7,20H,9H2. The van der Waals surface area contributed by atoms with Gasteiger partial charge in [0.1, 0.15) is 15.7 Å². The Morgan fingerprint density at radius 3 is 2.43 bits per heavy atom. The van der Waals surface area contributed by atoms with Crippen molar-refractivity contribution >= 4 is 17.0 Å². The molecule has 0 aliphatic heterocycles. The molecule has 3 aromatic rings. The number of aromatic nitrogens is 2. The molecule has 4 nitrogen and oxygen atoms in total. The zero-order valence-electron chi connectivity index (χ0n) is 11.8. The van der Waals surface area contributed by atoms with Gasteiger partial charge in [0, 0.05) is 5.56 Å². The number of hydrogen-bond acceptors (Lipinski definition) is 5. The number of nitrogens with zero attached hydrogens (tertiary/aromatic N) is 3. The maximum atomic E-state index is 13.8. The lowest BCUT2D eigenvalue weighted by Gasteiger charge is -2.07. The molecule has 0 aliphatic carbocycles. The third kappa shape index (κ3) is 3.33. The van der Waals surface area contributed by atoms with Crippen molar-refractivity contribution in [3.8, 4) is 16.6 Å². The van der Waals surface area contributed by atoms with Crippen molar-refractivity contribution in [2.45, 2.75) is 6.54 Å². The highest BCUT2D eigenvalue weighted by Gasteiger charge is 2.12. The molecular formula is C16H10F2N4S. The molecule has 0 bridgehead atoms. The zero-order chi connectivity index (χ0) is 16.2. The molecule has 0 fully saturated rings. The van der Waals surface area contributed by atoms with Crippen LogP contribution in [0.15, 0.2) is 42.5 Å². The summed E-state index contributed by atoms with van der Waals surface area (Å²) in [5, 5.41) is 20.8. The van der Waals surface area contributed by atoms with E-state index in [1.54, 1.807) is 6.07 Å². The summed E-state index contributed by atoms with van der Waals surface area (Å²) in [6, 6.07) is 13.2. The maximum Gasteiger partial charge on any atom is 0.150 e. The van der Waals surface area contributed by atoms with Gasteiger partial charge < -0.3 is 5.32 Å². The van der Waals surface area contributed by atoms with Crippen LogP contribution in [0.25, 0.3) is 10.6 Å². The molecule has 0 amide bonds. The largest absolute Gasteiger partial charge is 0.374 e. The number of rotatable bonds is 4. The fourth-order valence-corrected chi connectivity index (χ4v) is 2.78. The van der Waals surface area contributed by atoms with Gasteiger partial charge in [-0.15, -0.1) is 10.2 Å². The summed E-state index contributed by atoms with van der Waals surface area (Å²) >= 11 is 1.34. The van der Waals surface area contributed by atoms with Crippen LogP contribution < -0.4 is 5.32 Å². The van der Waals surface area contributed by atoms with E-state index >= 15 is 0 Å². The van der Waals surface area contributed by atoms with E-state index in [4.69, 9.17) is 5.26 Å². The molecule has 0 aliphatic rings. The van der Waals surface area contributed by atoms with Crippen LogP contribution in [-0.4, -0.2) is 10.2 Å². The Kier molecular flexibility index (Phi) is 4.26. The summed E-state index contributed by atoms with van der Waals surface area (Å²) in [5.74, 6) is -1.62. The van der Waals surface area contributed by atoms with Crippen molar-refractivity contribution in [2.24, 2.45) is 0 Å². The van der Waals surface area contributed by atoms with E-state index in [1.165, 1.54) is 11.3 Å². The molecule has 3 rings (SSSR count). The molecule has 7 heteroatoms. The van der Waals surface area contributed by atoms with E-state index in [-0.39, 0.29) is 17.8 Å². The fraction of sp³-hybridized carbons (Fsp3) is 0.0625. The first kappa shape index (κ1) is 15.1. The van der Waals surface area contributed by atoms with Gasteiger partial charge in [-0.3, -0.25) is 0 Å². The first-order valence-electron chi connectivity index (χ1n) is 6.68. The molecule has 0 atom stereocenters. The Hall–Kier alpha value is -2.85. The Labute approximate surface area is 135 Å². The average Bonchev–Trinajstić information content (AvgIpc) is 3.03. The molecular weight excluding hydrogens is 318 g/mol. The Morgan fingerprint density at radius 2 is 1.78 bits per heavy atom. The molecule has 0 unspecified atom stereocenters. The van der Waals surface area contributed by atoms with Crippen molar-refractivity contribution in [1.29, 1.82) is 5.26 Å². The number of benzene rings is 2. The van der Waals surface area contributed by atoms with E-state index in [9.17, 15) is 8.78 Å². The minimum Gasteiger partial charge on any atom is -0.374 e. The Morgan fingerprint density at radius 1 is 1.09 bits per heavy atom. The van der Waals surface area contributed by atoms with E-state index in [1.807, 2.05) is 30.3 Å². The first-order valence-corrected chi connectivity index (χ1v) is 7.50. The second kappa shape index (κ2) is 6.50. The molecule has 2 aromatic carbocycles. The summed E-state index contributed by atoms with van der Waals surface area (Å²) < 4.78 is 27.6. The van der Waals surface area contributed by atoms with E-state index < -0.39 is 11.6 Å². The summed E-state index contributed by atoms with van der Waals surface area (Å²) in [7, 11) is 0. The van der Waals surface area contributed by atoms with Crippen LogP contribution in [0.1, 0.15) is 10.6 Å². The number of nitrogens with one attached hydrogen (secondary N) is 1. The predicted octanol–water partition coefficient (Wildman–Crippen LogP) is 3.97. The van der Waals surface area contributed by atoms with Crippen molar-refractivity contribution in [1.82, 2.24) is 10.2 Å². The second-order valence-electron chi connectivity index (χ2n) is 4.65. The van der Waals surface area contributed by atoms with Crippen LogP contribution in [0.5, 0.6) is 0 Å². The summed E-state index contributed by atoms with van der Waals surface area (Å²) in [5.41, 5.74) is 0.597. The topological polar surface area (TPSA) is 61.6 Å². The van der Waals surface area contributed by atoms with Crippen molar-refractivity contribution in [3.63, 3.8) is 0 Å². The molecule has 23 heavy (non-hydrogen) atoms. The highest BCUT2D eigenvalue weighted by atomic mass is 32.1. The number of anilines is 1. The lowest BCUT2D eigenvalue weighted by molar-refractivity contribution is 0.587. The smallest absolute Gasteiger partial charge is 0.150 e. The van der Waals surface area contributed by atoms with Gasteiger partial charge in [-0.1, -0.05) is 41.7 Å². The van der Waals surface area contributed by atoms with Gasteiger partial charge in [-0.05, 0) is 12.1 Å². The molecule has 0 radical (unpaired) electrons. The van der Waals surface area contributed by atoms with Crippen LogP contribution in [0.3, 0.4) is 0 Å². The molecule has 1 heterocycles. The molecule has 1 aromatic heterocycles. The van der Waals surface area contributed by atoms with Crippen LogP contribution in [0.2, 0.25) is 0 Å². The lowest BCUT2D eigenvalue weighted by atomic mass is 10.2. The van der Waals surface area contributed by atoms with Gasteiger partial charge in [-0.25, -0.2) is 8.78 Å². The number of halogens is 2. The van der Waals surface area contributed by atoms with Crippen LogP contribution in [0.4, 0.5) is 14.5 Å². The minimum atomic E-state index is -0.811. The van der Waals surface area contributed by atoms with E-state index in [0.717, 1.165) is 22.7 Å². The molecule has 1 N–H and O–H groups in total. The SMILES string of the molecule is N#Cc1cc(F)c(NCc2nnc(-c3ccccc3)s2)c(F)c1. The van der Waals surface area contributed by atoms with Crippen LogP contribution in [0, 0.1) is 23.0 Å². The third-order valence-corrected chi connectivity index (χ3v) is 4.05. The van der Waals surface area contributed by atoms with Crippen molar-refractivity contribution < 1.29 is 8.78 Å². The highest BCUT2D eigenvalue weighted by molar-refractivity contribution is 7.14. The summed E-state index contributed by atoms with van der Waals surface area (Å²) in [4.78, 5) is 0. The van der Waals surface area contributed by atoms with Crippen molar-refractivity contribution in [2.75, 3.05) is 5.32 Å². The number of hydrogen-bond donors (Lipinski definition) is 1. The first-order chi connectivity index (χ1) is 11.2. The van der Waals surface area contributed by atoms with E-state index in [0.29, 0.717) is 5.01 Å². The fourth-order valence-electron chi connectivity index (χ4n) is 1.99. The molecule has 0 spiro atoms. The van der Waals surface area contributed by atoms with Gasteiger partial charge in [0.15, 0.2) is 11.6 Å². The summed E-state index contributed by atoms with van der Waals surface area (Å²) in [6.45, 7) is 0.143. The monoisotopic (exact) mass is 328 g/mol. The second-order valence-corrected chi connectivity index (χ2v) is 5.71. The highest BCUT2D eigenvalue weighted by Crippen LogP contribution is 2.25. The summed E-state index contributed by atoms with van der Waals surface area (Å²) in [6.07, 6.45) is 0. The maximum absolute atomic E-state index is 13.8. The normalized spacial score (nSPS) is 10.3. The minimum absolute atomic E-state index is 0.0622. The average molecular weight is 328 g/mol. The van der Waals surface area contributed by atoms with Gasteiger partial charge in [0.25, 0.3) is 0 Å². The van der Waals surface area contributed by atoms with Gasteiger partial charge >= 0.3 is 0 Å². The third-order valence-electron chi connectivity index (χ3n) is 3.08. The lowest BCUT2D eigenvalue weighted by Crippen LogP contribution is -2.04. The van der Waals surface area contributed by atoms with Gasteiger partial charge in [0.05, 0.1) is 18.2 Å². The van der Waals surface area contributed by atoms with Gasteiger partial charge in [-0.2, -0.15) is 5.26 Å².